The summed E-state index contributed by atoms with van der Waals surface area (Å²) in [5, 5.41) is 0. The zero-order chi connectivity index (χ0) is 18.5. The second-order valence-electron chi connectivity index (χ2n) is 8.58. The van der Waals surface area contributed by atoms with E-state index in [1.165, 1.54) is 64.2 Å². The van der Waals surface area contributed by atoms with Crippen LogP contribution in [0.3, 0.4) is 0 Å². The first-order valence-corrected chi connectivity index (χ1v) is 11.3. The van der Waals surface area contributed by atoms with Crippen LogP contribution in [0.5, 0.6) is 0 Å². The van der Waals surface area contributed by atoms with Crippen LogP contribution < -0.4 is 0 Å². The Bertz CT molecular complexity index is 347. The fourth-order valence-electron chi connectivity index (χ4n) is 4.56. The Balaban J connectivity index is 1.50. The highest BCUT2D eigenvalue weighted by Gasteiger charge is 2.25. The Labute approximate surface area is 162 Å². The molecule has 0 aromatic heterocycles. The monoisotopic (exact) mass is 362 g/mol. The van der Waals surface area contributed by atoms with Crippen molar-refractivity contribution in [3.05, 3.63) is 24.7 Å². The summed E-state index contributed by atoms with van der Waals surface area (Å²) in [7, 11) is 0. The third-order valence-corrected chi connectivity index (χ3v) is 6.44. The van der Waals surface area contributed by atoms with Crippen molar-refractivity contribution in [2.75, 3.05) is 13.2 Å². The van der Waals surface area contributed by atoms with Crippen molar-refractivity contribution < 1.29 is 9.47 Å². The molecule has 26 heavy (non-hydrogen) atoms. The summed E-state index contributed by atoms with van der Waals surface area (Å²) >= 11 is 0. The number of allylic oxidation sites excluding steroid dienone is 2. The maximum Gasteiger partial charge on any atom is 0.0901 e. The average Bonchev–Trinajstić information content (AvgIpc) is 2.69. The molecule has 0 atom stereocenters. The zero-order valence-electron chi connectivity index (χ0n) is 17.3. The van der Waals surface area contributed by atoms with E-state index in [4.69, 9.17) is 9.47 Å². The average molecular weight is 363 g/mol. The first-order chi connectivity index (χ1) is 12.8. The summed E-state index contributed by atoms with van der Waals surface area (Å²) in [4.78, 5) is 0. The Morgan fingerprint density at radius 1 is 0.577 bits per heavy atom. The predicted octanol–water partition coefficient (Wildman–Crippen LogP) is 7.26. The van der Waals surface area contributed by atoms with E-state index in [1.54, 1.807) is 0 Å². The summed E-state index contributed by atoms with van der Waals surface area (Å²) in [6.07, 6.45) is 24.3. The maximum absolute atomic E-state index is 5.66. The van der Waals surface area contributed by atoms with E-state index in [0.29, 0.717) is 0 Å². The number of hydrogen-bond donors (Lipinski definition) is 0. The summed E-state index contributed by atoms with van der Waals surface area (Å²) in [6, 6.07) is 0. The van der Waals surface area contributed by atoms with Gasteiger partial charge in [0.25, 0.3) is 0 Å². The summed E-state index contributed by atoms with van der Waals surface area (Å²) in [5.74, 6) is 3.56. The highest BCUT2D eigenvalue weighted by molar-refractivity contribution is 4.78. The molecule has 0 aromatic rings. The van der Waals surface area contributed by atoms with Crippen LogP contribution in [0.2, 0.25) is 0 Å². The molecule has 2 fully saturated rings. The molecule has 0 unspecified atom stereocenters. The van der Waals surface area contributed by atoms with E-state index in [0.717, 1.165) is 49.7 Å². The van der Waals surface area contributed by atoms with Crippen molar-refractivity contribution in [2.45, 2.75) is 90.9 Å². The molecule has 0 radical (unpaired) electrons. The van der Waals surface area contributed by atoms with Gasteiger partial charge in [0.1, 0.15) is 0 Å². The molecule has 2 heteroatoms. The largest absolute Gasteiger partial charge is 0.501 e. The van der Waals surface area contributed by atoms with Crippen molar-refractivity contribution in [1.29, 1.82) is 0 Å². The molecule has 0 saturated heterocycles. The molecule has 0 N–H and O–H groups in total. The molecule has 0 heterocycles. The van der Waals surface area contributed by atoms with Gasteiger partial charge < -0.3 is 9.47 Å². The van der Waals surface area contributed by atoms with Crippen molar-refractivity contribution in [3.8, 4) is 0 Å². The van der Waals surface area contributed by atoms with Crippen LogP contribution in [-0.4, -0.2) is 13.2 Å². The zero-order valence-corrected chi connectivity index (χ0v) is 17.3. The molecule has 0 amide bonds. The topological polar surface area (TPSA) is 18.5 Å². The van der Waals surface area contributed by atoms with E-state index >= 15 is 0 Å². The molecular formula is C24H42O2. The fourth-order valence-corrected chi connectivity index (χ4v) is 4.56. The maximum atomic E-state index is 5.66. The van der Waals surface area contributed by atoms with Gasteiger partial charge >= 0.3 is 0 Å². The van der Waals surface area contributed by atoms with Gasteiger partial charge in [0.05, 0.1) is 25.7 Å². The standard InChI is InChI=1S/C24H42O2/c1-3-5-17-25-19-23-13-9-21(10-14-23)7-8-22-11-15-24(16-12-22)20-26-18-6-4-2/h5-6,17-18,21-24H,3-4,7-16,19-20H2,1-2H3/b17-5-,18-6-/t21-,22-,23-,24-. The lowest BCUT2D eigenvalue weighted by Gasteiger charge is -2.31. The highest BCUT2D eigenvalue weighted by atomic mass is 16.5. The van der Waals surface area contributed by atoms with E-state index in [1.807, 2.05) is 12.5 Å². The van der Waals surface area contributed by atoms with Crippen molar-refractivity contribution in [3.63, 3.8) is 0 Å². The van der Waals surface area contributed by atoms with Crippen LogP contribution in [0.1, 0.15) is 90.9 Å². The number of rotatable bonds is 11. The van der Waals surface area contributed by atoms with Crippen LogP contribution >= 0.6 is 0 Å². The number of ether oxygens (including phenoxy) is 2. The van der Waals surface area contributed by atoms with Gasteiger partial charge in [-0.15, -0.1) is 0 Å². The molecule has 0 bridgehead atoms. The smallest absolute Gasteiger partial charge is 0.0901 e. The fraction of sp³-hybridized carbons (Fsp3) is 0.833. The van der Waals surface area contributed by atoms with Gasteiger partial charge in [-0.1, -0.05) is 64.5 Å². The van der Waals surface area contributed by atoms with Gasteiger partial charge in [0, 0.05) is 0 Å². The third kappa shape index (κ3) is 8.64. The van der Waals surface area contributed by atoms with E-state index in [9.17, 15) is 0 Å². The van der Waals surface area contributed by atoms with Crippen molar-refractivity contribution in [1.82, 2.24) is 0 Å². The minimum atomic E-state index is 0.796. The van der Waals surface area contributed by atoms with Gasteiger partial charge in [-0.05, 0) is 62.2 Å². The second kappa shape index (κ2) is 13.3. The SMILES string of the molecule is CC/C=C\OC[C@H]1CC[C@H](CC[C@H]2CC[C@H](CO/C=C\CC)CC2)CC1. The predicted molar refractivity (Wildman–Crippen MR) is 111 cm³/mol. The Morgan fingerprint density at radius 3 is 1.27 bits per heavy atom. The van der Waals surface area contributed by atoms with E-state index < -0.39 is 0 Å². The van der Waals surface area contributed by atoms with Crippen LogP contribution in [0.15, 0.2) is 24.7 Å². The second-order valence-corrected chi connectivity index (χ2v) is 8.58. The summed E-state index contributed by atoms with van der Waals surface area (Å²) in [5.41, 5.74) is 0. The van der Waals surface area contributed by atoms with Crippen molar-refractivity contribution >= 4 is 0 Å². The molecule has 0 aromatic carbocycles. The quantitative estimate of drug-likeness (QED) is 0.360. The number of hydrogen-bond acceptors (Lipinski definition) is 2. The molecule has 150 valence electrons. The first-order valence-electron chi connectivity index (χ1n) is 11.3. The molecule has 2 aliphatic carbocycles. The van der Waals surface area contributed by atoms with Crippen LogP contribution in [-0.2, 0) is 9.47 Å². The lowest BCUT2D eigenvalue weighted by Crippen LogP contribution is -2.21. The summed E-state index contributed by atoms with van der Waals surface area (Å²) in [6.45, 7) is 6.16. The van der Waals surface area contributed by atoms with Gasteiger partial charge in [0.15, 0.2) is 0 Å². The summed E-state index contributed by atoms with van der Waals surface area (Å²) < 4.78 is 11.3. The minimum Gasteiger partial charge on any atom is -0.501 e. The third-order valence-electron chi connectivity index (χ3n) is 6.44. The molecule has 2 saturated carbocycles. The van der Waals surface area contributed by atoms with Crippen molar-refractivity contribution in [2.24, 2.45) is 23.7 Å². The van der Waals surface area contributed by atoms with Crippen LogP contribution in [0.4, 0.5) is 0 Å². The molecule has 2 aliphatic rings. The van der Waals surface area contributed by atoms with Gasteiger partial charge in [0.2, 0.25) is 0 Å². The minimum absolute atomic E-state index is 0.796. The Morgan fingerprint density at radius 2 is 0.923 bits per heavy atom. The molecule has 2 nitrogen and oxygen atoms in total. The molecule has 2 rings (SSSR count). The Kier molecular flexibility index (Phi) is 10.9. The highest BCUT2D eigenvalue weighted by Crippen LogP contribution is 2.36. The van der Waals surface area contributed by atoms with Gasteiger partial charge in [-0.25, -0.2) is 0 Å². The molecule has 0 aliphatic heterocycles. The van der Waals surface area contributed by atoms with Crippen LogP contribution in [0, 0.1) is 23.7 Å². The van der Waals surface area contributed by atoms with Crippen LogP contribution in [0.25, 0.3) is 0 Å². The Hall–Kier alpha value is -0.920. The first kappa shape index (κ1) is 21.4. The lowest BCUT2D eigenvalue weighted by atomic mass is 9.76. The van der Waals surface area contributed by atoms with E-state index in [2.05, 4.69) is 26.0 Å². The van der Waals surface area contributed by atoms with Gasteiger partial charge in [-0.3, -0.25) is 0 Å². The molecule has 0 spiro atoms. The molecular weight excluding hydrogens is 320 g/mol. The normalized spacial score (nSPS) is 30.1. The van der Waals surface area contributed by atoms with Gasteiger partial charge in [-0.2, -0.15) is 0 Å². The lowest BCUT2D eigenvalue weighted by molar-refractivity contribution is 0.131. The van der Waals surface area contributed by atoms with E-state index in [-0.39, 0.29) is 0 Å².